The zero-order valence-electron chi connectivity index (χ0n) is 21.4. The number of carbonyl (C=O) groups excluding carboxylic acids is 1. The average Bonchev–Trinajstić information content (AvgIpc) is 2.91. The lowest BCUT2D eigenvalue weighted by molar-refractivity contribution is -0.134. The molecule has 3 aromatic rings. The van der Waals surface area contributed by atoms with E-state index < -0.39 is 15.1 Å². The van der Waals surface area contributed by atoms with Gasteiger partial charge in [-0.1, -0.05) is 29.8 Å². The average molecular weight is 560 g/mol. The topological polar surface area (TPSA) is 123 Å². The van der Waals surface area contributed by atoms with Gasteiger partial charge in [0, 0.05) is 13.1 Å². The summed E-state index contributed by atoms with van der Waals surface area (Å²) in [6.45, 7) is 5.49. The Hall–Kier alpha value is -3.41. The van der Waals surface area contributed by atoms with Crippen molar-refractivity contribution in [3.05, 3.63) is 59.2 Å². The summed E-state index contributed by atoms with van der Waals surface area (Å²) >= 11 is 6.35. The number of para-hydroxylation sites is 1. The molecular weight excluding hydrogens is 530 g/mol. The van der Waals surface area contributed by atoms with Gasteiger partial charge in [0.2, 0.25) is 11.9 Å². The molecule has 0 atom stereocenters. The highest BCUT2D eigenvalue weighted by atomic mass is 35.5. The van der Waals surface area contributed by atoms with Crippen molar-refractivity contribution in [2.24, 2.45) is 0 Å². The van der Waals surface area contributed by atoms with E-state index in [-0.39, 0.29) is 34.0 Å². The monoisotopic (exact) mass is 559 g/mol. The number of nitrogens with one attached hydrogen (secondary N) is 2. The van der Waals surface area contributed by atoms with E-state index in [9.17, 15) is 13.2 Å². The number of anilines is 4. The second kappa shape index (κ2) is 12.0. The van der Waals surface area contributed by atoms with Gasteiger partial charge in [0.05, 0.1) is 54.5 Å². The molecule has 4 rings (SSSR count). The van der Waals surface area contributed by atoms with Gasteiger partial charge in [-0.05, 0) is 43.7 Å². The van der Waals surface area contributed by atoms with Gasteiger partial charge in [-0.3, -0.25) is 4.79 Å². The molecule has 1 fully saturated rings. The maximum atomic E-state index is 12.9. The number of rotatable bonds is 9. The maximum Gasteiger partial charge on any atom is 0.229 e. The van der Waals surface area contributed by atoms with Gasteiger partial charge in [-0.2, -0.15) is 4.98 Å². The predicted molar refractivity (Wildman–Crippen MR) is 146 cm³/mol. The quantitative estimate of drug-likeness (QED) is 0.397. The van der Waals surface area contributed by atoms with Crippen molar-refractivity contribution in [2.45, 2.75) is 30.4 Å². The summed E-state index contributed by atoms with van der Waals surface area (Å²) in [6.07, 6.45) is 1.64. The van der Waals surface area contributed by atoms with Crippen LogP contribution in [-0.2, 0) is 25.8 Å². The van der Waals surface area contributed by atoms with Crippen LogP contribution >= 0.6 is 11.6 Å². The minimum atomic E-state index is -3.55. The summed E-state index contributed by atoms with van der Waals surface area (Å²) < 4.78 is 36.5. The molecule has 1 aliphatic heterocycles. The van der Waals surface area contributed by atoms with Gasteiger partial charge in [-0.15, -0.1) is 0 Å². The Morgan fingerprint density at radius 3 is 2.58 bits per heavy atom. The second-order valence-corrected chi connectivity index (χ2v) is 11.8. The minimum absolute atomic E-state index is 0.0219. The van der Waals surface area contributed by atoms with Crippen molar-refractivity contribution in [1.82, 2.24) is 14.9 Å². The van der Waals surface area contributed by atoms with Crippen LogP contribution in [0.4, 0.5) is 23.1 Å². The number of hydrogen-bond acceptors (Lipinski definition) is 9. The Labute approximate surface area is 227 Å². The van der Waals surface area contributed by atoms with Crippen LogP contribution in [0.25, 0.3) is 0 Å². The molecule has 12 heteroatoms. The van der Waals surface area contributed by atoms with Gasteiger partial charge < -0.3 is 25.0 Å². The third-order valence-electron chi connectivity index (χ3n) is 6.04. The zero-order chi connectivity index (χ0) is 27.3. The molecule has 0 saturated carbocycles. The molecule has 0 radical (unpaired) electrons. The highest BCUT2D eigenvalue weighted by Gasteiger charge is 2.23. The van der Waals surface area contributed by atoms with Crippen LogP contribution in [0.15, 0.2) is 53.6 Å². The normalized spacial score (nSPS) is 13.9. The number of morpholine rings is 1. The number of halogens is 1. The van der Waals surface area contributed by atoms with Crippen LogP contribution < -0.4 is 15.4 Å². The smallest absolute Gasteiger partial charge is 0.229 e. The van der Waals surface area contributed by atoms with E-state index in [4.69, 9.17) is 21.1 Å². The van der Waals surface area contributed by atoms with Crippen LogP contribution in [-0.4, -0.2) is 67.9 Å². The molecule has 1 aromatic heterocycles. The number of benzene rings is 2. The molecule has 0 spiro atoms. The Bertz CT molecular complexity index is 1410. The van der Waals surface area contributed by atoms with Gasteiger partial charge in [0.1, 0.15) is 10.8 Å². The first kappa shape index (κ1) is 27.6. The zero-order valence-corrected chi connectivity index (χ0v) is 23.0. The first-order valence-electron chi connectivity index (χ1n) is 12.1. The molecule has 38 heavy (non-hydrogen) atoms. The Morgan fingerprint density at radius 2 is 1.87 bits per heavy atom. The van der Waals surface area contributed by atoms with E-state index in [0.29, 0.717) is 43.4 Å². The third kappa shape index (κ3) is 6.35. The highest BCUT2D eigenvalue weighted by molar-refractivity contribution is 7.92. The number of hydrogen-bond donors (Lipinski definition) is 2. The Balaban J connectivity index is 1.58. The SMILES string of the molecule is COc1ccc(CC(=O)N2CCOCC2)cc1Nc1ncc(Cl)c(Nc2ccccc2S(=O)(=O)C(C)C)n1. The summed E-state index contributed by atoms with van der Waals surface area (Å²) in [5, 5.41) is 5.77. The van der Waals surface area contributed by atoms with Gasteiger partial charge >= 0.3 is 0 Å². The summed E-state index contributed by atoms with van der Waals surface area (Å²) in [6, 6.07) is 12.0. The van der Waals surface area contributed by atoms with Crippen LogP contribution in [0.2, 0.25) is 5.02 Å². The first-order valence-corrected chi connectivity index (χ1v) is 14.0. The fraction of sp³-hybridized carbons (Fsp3) is 0.346. The molecule has 2 heterocycles. The predicted octanol–water partition coefficient (Wildman–Crippen LogP) is 4.21. The van der Waals surface area contributed by atoms with Crippen molar-refractivity contribution in [2.75, 3.05) is 44.0 Å². The number of nitrogens with zero attached hydrogens (tertiary/aromatic N) is 3. The standard InChI is InChI=1S/C26H30ClN5O5S/c1-17(2)38(34,35)23-7-5-4-6-20(23)29-25-19(27)16-28-26(31-25)30-21-14-18(8-9-22(21)36-3)15-24(33)32-10-12-37-13-11-32/h4-9,14,16-17H,10-13,15H2,1-3H3,(H2,28,29,30,31). The summed E-state index contributed by atoms with van der Waals surface area (Å²) in [4.78, 5) is 23.4. The van der Waals surface area contributed by atoms with Gasteiger partial charge in [0.15, 0.2) is 15.7 Å². The van der Waals surface area contributed by atoms with Gasteiger partial charge in [0.25, 0.3) is 0 Å². The molecule has 1 saturated heterocycles. The Morgan fingerprint density at radius 1 is 1.13 bits per heavy atom. The molecule has 10 nitrogen and oxygen atoms in total. The number of aromatic nitrogens is 2. The summed E-state index contributed by atoms with van der Waals surface area (Å²) in [5.74, 6) is 0.993. The van der Waals surface area contributed by atoms with E-state index in [0.717, 1.165) is 5.56 Å². The number of carbonyl (C=O) groups is 1. The number of amides is 1. The Kier molecular flexibility index (Phi) is 8.70. The third-order valence-corrected chi connectivity index (χ3v) is 8.53. The van der Waals surface area contributed by atoms with Crippen LogP contribution in [0.5, 0.6) is 5.75 Å². The summed E-state index contributed by atoms with van der Waals surface area (Å²) in [7, 11) is -2.01. The van der Waals surface area contributed by atoms with Crippen LogP contribution in [0.1, 0.15) is 19.4 Å². The lowest BCUT2D eigenvalue weighted by atomic mass is 10.1. The van der Waals surface area contributed by atoms with E-state index in [1.165, 1.54) is 6.20 Å². The molecule has 2 aromatic carbocycles. The van der Waals surface area contributed by atoms with Crippen molar-refractivity contribution >= 4 is 50.5 Å². The molecule has 1 amide bonds. The summed E-state index contributed by atoms with van der Waals surface area (Å²) in [5.41, 5.74) is 1.72. The van der Waals surface area contributed by atoms with Crippen molar-refractivity contribution in [3.63, 3.8) is 0 Å². The number of sulfone groups is 1. The van der Waals surface area contributed by atoms with Gasteiger partial charge in [-0.25, -0.2) is 13.4 Å². The van der Waals surface area contributed by atoms with Crippen molar-refractivity contribution in [3.8, 4) is 5.75 Å². The minimum Gasteiger partial charge on any atom is -0.495 e. The number of ether oxygens (including phenoxy) is 2. The molecule has 1 aliphatic rings. The molecule has 0 aliphatic carbocycles. The van der Waals surface area contributed by atoms with Crippen molar-refractivity contribution in [1.29, 1.82) is 0 Å². The number of methoxy groups -OCH3 is 1. The molecule has 2 N–H and O–H groups in total. The fourth-order valence-electron chi connectivity index (χ4n) is 3.90. The van der Waals surface area contributed by atoms with E-state index in [2.05, 4.69) is 20.6 Å². The lowest BCUT2D eigenvalue weighted by Gasteiger charge is -2.27. The highest BCUT2D eigenvalue weighted by Crippen LogP contribution is 2.32. The first-order chi connectivity index (χ1) is 18.2. The molecule has 0 bridgehead atoms. The molecule has 202 valence electrons. The fourth-order valence-corrected chi connectivity index (χ4v) is 5.24. The molecular formula is C26H30ClN5O5S. The van der Waals surface area contributed by atoms with Crippen LogP contribution in [0.3, 0.4) is 0 Å². The second-order valence-electron chi connectivity index (χ2n) is 8.93. The maximum absolute atomic E-state index is 12.9. The lowest BCUT2D eigenvalue weighted by Crippen LogP contribution is -2.41. The van der Waals surface area contributed by atoms with Crippen molar-refractivity contribution < 1.29 is 22.7 Å². The largest absolute Gasteiger partial charge is 0.495 e. The van der Waals surface area contributed by atoms with E-state index >= 15 is 0 Å². The van der Waals surface area contributed by atoms with E-state index in [1.54, 1.807) is 56.2 Å². The molecule has 0 unspecified atom stereocenters. The van der Waals surface area contributed by atoms with Crippen LogP contribution in [0, 0.1) is 0 Å². The van der Waals surface area contributed by atoms with E-state index in [1.807, 2.05) is 12.1 Å².